The van der Waals surface area contributed by atoms with Crippen LogP contribution in [0.4, 0.5) is 11.5 Å². The number of nitrogens with one attached hydrogen (secondary N) is 1. The minimum atomic E-state index is -0.497. The quantitative estimate of drug-likeness (QED) is 0.599. The number of anilines is 1. The van der Waals surface area contributed by atoms with E-state index in [-0.39, 0.29) is 24.0 Å². The molecular weight excluding hydrogens is 308 g/mol. The molecule has 0 bridgehead atoms. The van der Waals surface area contributed by atoms with Gasteiger partial charge in [0.15, 0.2) is 0 Å². The molecule has 116 valence electrons. The van der Waals surface area contributed by atoms with Crippen LogP contribution in [0.1, 0.15) is 5.56 Å². The van der Waals surface area contributed by atoms with Gasteiger partial charge in [-0.2, -0.15) is 0 Å². The molecule has 22 heavy (non-hydrogen) atoms. The molecule has 2 N–H and O–H groups in total. The Morgan fingerprint density at radius 3 is 2.91 bits per heavy atom. The van der Waals surface area contributed by atoms with Crippen molar-refractivity contribution in [3.63, 3.8) is 0 Å². The van der Waals surface area contributed by atoms with Gasteiger partial charge in [0, 0.05) is 43.7 Å². The van der Waals surface area contributed by atoms with Gasteiger partial charge >= 0.3 is 5.69 Å². The van der Waals surface area contributed by atoms with E-state index in [9.17, 15) is 15.2 Å². The van der Waals surface area contributed by atoms with Gasteiger partial charge in [-0.05, 0) is 24.1 Å². The Bertz CT molecular complexity index is 653. The molecule has 1 unspecified atom stereocenters. The third-order valence-corrected chi connectivity index (χ3v) is 3.50. The highest BCUT2D eigenvalue weighted by Gasteiger charge is 2.16. The molecule has 0 radical (unpaired) electrons. The Hall–Kier alpha value is -2.25. The van der Waals surface area contributed by atoms with Gasteiger partial charge in [0.1, 0.15) is 0 Å². The van der Waals surface area contributed by atoms with Crippen molar-refractivity contribution in [2.45, 2.75) is 6.42 Å². The molecule has 0 fully saturated rings. The van der Waals surface area contributed by atoms with Crippen LogP contribution in [0.15, 0.2) is 36.8 Å². The second-order valence-electron chi connectivity index (χ2n) is 4.73. The second kappa shape index (κ2) is 7.67. The first-order chi connectivity index (χ1) is 10.6. The number of hydrogen-bond acceptors (Lipinski definition) is 6. The molecular formula is C14H15ClN4O3. The summed E-state index contributed by atoms with van der Waals surface area (Å²) >= 11 is 6.04. The molecule has 8 heteroatoms. The van der Waals surface area contributed by atoms with Gasteiger partial charge in [-0.25, -0.2) is 4.98 Å². The Labute approximate surface area is 132 Å². The van der Waals surface area contributed by atoms with Crippen molar-refractivity contribution < 1.29 is 10.0 Å². The normalized spacial score (nSPS) is 11.9. The predicted octanol–water partition coefficient (Wildman–Crippen LogP) is 2.30. The molecule has 2 rings (SSSR count). The van der Waals surface area contributed by atoms with Gasteiger partial charge in [-0.3, -0.25) is 15.1 Å². The molecule has 0 aliphatic carbocycles. The fourth-order valence-electron chi connectivity index (χ4n) is 2.00. The van der Waals surface area contributed by atoms with Crippen molar-refractivity contribution in [3.8, 4) is 0 Å². The van der Waals surface area contributed by atoms with Crippen LogP contribution in [0, 0.1) is 16.0 Å². The third kappa shape index (κ3) is 4.12. The van der Waals surface area contributed by atoms with Crippen molar-refractivity contribution in [1.29, 1.82) is 0 Å². The van der Waals surface area contributed by atoms with E-state index >= 15 is 0 Å². The second-order valence-corrected chi connectivity index (χ2v) is 5.14. The molecule has 2 aromatic heterocycles. The summed E-state index contributed by atoms with van der Waals surface area (Å²) < 4.78 is 0. The van der Waals surface area contributed by atoms with Crippen molar-refractivity contribution in [2.75, 3.05) is 18.5 Å². The monoisotopic (exact) mass is 322 g/mol. The van der Waals surface area contributed by atoms with Crippen LogP contribution < -0.4 is 5.32 Å². The maximum absolute atomic E-state index is 10.9. The minimum Gasteiger partial charge on any atom is -0.396 e. The van der Waals surface area contributed by atoms with E-state index in [4.69, 9.17) is 11.6 Å². The van der Waals surface area contributed by atoms with Crippen LogP contribution in [0.5, 0.6) is 0 Å². The van der Waals surface area contributed by atoms with Crippen LogP contribution in [0.2, 0.25) is 5.02 Å². The lowest BCUT2D eigenvalue weighted by atomic mass is 10.0. The third-order valence-electron chi connectivity index (χ3n) is 3.16. The molecule has 1 atom stereocenters. The van der Waals surface area contributed by atoms with Gasteiger partial charge in [0.2, 0.25) is 5.82 Å². The lowest BCUT2D eigenvalue weighted by molar-refractivity contribution is -0.384. The Morgan fingerprint density at radius 2 is 2.23 bits per heavy atom. The molecule has 2 aromatic rings. The van der Waals surface area contributed by atoms with Crippen molar-refractivity contribution >= 4 is 23.1 Å². The van der Waals surface area contributed by atoms with Crippen LogP contribution in [-0.4, -0.2) is 33.1 Å². The molecule has 0 spiro atoms. The average molecular weight is 323 g/mol. The standard InChI is InChI=1S/C14H15ClN4O3/c15-12-8-16-5-3-11(12)6-10(9-20)7-18-14-13(19(21)22)2-1-4-17-14/h1-5,8,10,20H,6-7,9H2,(H,17,18). The zero-order chi connectivity index (χ0) is 15.9. The highest BCUT2D eigenvalue weighted by molar-refractivity contribution is 6.31. The Kier molecular flexibility index (Phi) is 5.62. The van der Waals surface area contributed by atoms with Gasteiger partial charge in [0.05, 0.1) is 9.95 Å². The number of halogens is 1. The summed E-state index contributed by atoms with van der Waals surface area (Å²) in [5.74, 6) is 0.0354. The first-order valence-corrected chi connectivity index (χ1v) is 7.02. The molecule has 0 saturated heterocycles. The molecule has 0 aliphatic heterocycles. The highest BCUT2D eigenvalue weighted by Crippen LogP contribution is 2.22. The van der Waals surface area contributed by atoms with Gasteiger partial charge in [0.25, 0.3) is 0 Å². The number of hydrogen-bond donors (Lipinski definition) is 2. The number of aliphatic hydroxyl groups is 1. The van der Waals surface area contributed by atoms with Crippen molar-refractivity contribution in [3.05, 3.63) is 57.5 Å². The Morgan fingerprint density at radius 1 is 1.41 bits per heavy atom. The zero-order valence-electron chi connectivity index (χ0n) is 11.6. The molecule has 0 aromatic carbocycles. The number of aliphatic hydroxyl groups excluding tert-OH is 1. The maximum atomic E-state index is 10.9. The highest BCUT2D eigenvalue weighted by atomic mass is 35.5. The van der Waals surface area contributed by atoms with E-state index < -0.39 is 4.92 Å². The molecule has 0 amide bonds. The largest absolute Gasteiger partial charge is 0.396 e. The van der Waals surface area contributed by atoms with Gasteiger partial charge in [-0.15, -0.1) is 0 Å². The number of rotatable bonds is 7. The molecule has 2 heterocycles. The van der Waals surface area contributed by atoms with Crippen LogP contribution >= 0.6 is 11.6 Å². The van der Waals surface area contributed by atoms with Gasteiger partial charge in [-0.1, -0.05) is 11.6 Å². The minimum absolute atomic E-state index is 0.0771. The number of nitro groups is 1. The number of nitrogens with zero attached hydrogens (tertiary/aromatic N) is 3. The van der Waals surface area contributed by atoms with E-state index in [0.717, 1.165) is 5.56 Å². The summed E-state index contributed by atoms with van der Waals surface area (Å²) in [5, 5.41) is 23.9. The molecule has 0 aliphatic rings. The van der Waals surface area contributed by atoms with Crippen LogP contribution in [0.3, 0.4) is 0 Å². The summed E-state index contributed by atoms with van der Waals surface area (Å²) in [7, 11) is 0. The van der Waals surface area contributed by atoms with Crippen LogP contribution in [-0.2, 0) is 6.42 Å². The lowest BCUT2D eigenvalue weighted by Crippen LogP contribution is -2.21. The van der Waals surface area contributed by atoms with E-state index in [1.54, 1.807) is 18.5 Å². The summed E-state index contributed by atoms with van der Waals surface area (Å²) in [6.45, 7) is 0.263. The fourth-order valence-corrected chi connectivity index (χ4v) is 2.20. The van der Waals surface area contributed by atoms with E-state index in [1.165, 1.54) is 18.3 Å². The smallest absolute Gasteiger partial charge is 0.311 e. The summed E-state index contributed by atoms with van der Waals surface area (Å²) in [4.78, 5) is 18.3. The average Bonchev–Trinajstić information content (AvgIpc) is 2.53. The molecule has 0 saturated carbocycles. The Balaban J connectivity index is 2.03. The van der Waals surface area contributed by atoms with E-state index in [2.05, 4.69) is 15.3 Å². The number of aromatic nitrogens is 2. The maximum Gasteiger partial charge on any atom is 0.311 e. The first kappa shape index (κ1) is 16.1. The zero-order valence-corrected chi connectivity index (χ0v) is 12.4. The molecule has 7 nitrogen and oxygen atoms in total. The van der Waals surface area contributed by atoms with E-state index in [0.29, 0.717) is 18.0 Å². The van der Waals surface area contributed by atoms with Crippen molar-refractivity contribution in [1.82, 2.24) is 9.97 Å². The first-order valence-electron chi connectivity index (χ1n) is 6.64. The van der Waals surface area contributed by atoms with E-state index in [1.807, 2.05) is 0 Å². The lowest BCUT2D eigenvalue weighted by Gasteiger charge is -2.16. The van der Waals surface area contributed by atoms with Gasteiger partial charge < -0.3 is 10.4 Å². The summed E-state index contributed by atoms with van der Waals surface area (Å²) in [5.41, 5.74) is 0.772. The number of pyridine rings is 2. The SMILES string of the molecule is O=[N+]([O-])c1cccnc1NCC(CO)Cc1ccncc1Cl. The summed E-state index contributed by atoms with van der Waals surface area (Å²) in [6.07, 6.45) is 5.18. The fraction of sp³-hybridized carbons (Fsp3) is 0.286. The van der Waals surface area contributed by atoms with Crippen LogP contribution in [0.25, 0.3) is 0 Å². The topological polar surface area (TPSA) is 101 Å². The predicted molar refractivity (Wildman–Crippen MR) is 82.9 cm³/mol. The van der Waals surface area contributed by atoms with Crippen molar-refractivity contribution in [2.24, 2.45) is 5.92 Å². The summed E-state index contributed by atoms with van der Waals surface area (Å²) in [6, 6.07) is 4.67.